The van der Waals surface area contributed by atoms with E-state index >= 15 is 0 Å². The SMILES string of the molecule is CCC(=O)c1ccc(OCC(=O)Nc2nc(-c3cccs3)cs2)cc1. The molecule has 3 aromatic rings. The number of thiophene rings is 1. The summed E-state index contributed by atoms with van der Waals surface area (Å²) in [4.78, 5) is 29.0. The Balaban J connectivity index is 1.52. The first-order valence-corrected chi connectivity index (χ1v) is 9.47. The lowest BCUT2D eigenvalue weighted by Crippen LogP contribution is -2.20. The highest BCUT2D eigenvalue weighted by Crippen LogP contribution is 2.28. The zero-order chi connectivity index (χ0) is 17.6. The lowest BCUT2D eigenvalue weighted by atomic mass is 10.1. The molecule has 0 aliphatic carbocycles. The van der Waals surface area contributed by atoms with Gasteiger partial charge in [0.25, 0.3) is 5.91 Å². The Morgan fingerprint density at radius 3 is 2.64 bits per heavy atom. The smallest absolute Gasteiger partial charge is 0.264 e. The number of anilines is 1. The van der Waals surface area contributed by atoms with Crippen LogP contribution in [0.25, 0.3) is 10.6 Å². The normalized spacial score (nSPS) is 10.4. The Kier molecular flexibility index (Phi) is 5.57. The predicted molar refractivity (Wildman–Crippen MR) is 101 cm³/mol. The Labute approximate surface area is 153 Å². The van der Waals surface area contributed by atoms with Crippen molar-refractivity contribution in [3.8, 4) is 16.3 Å². The molecule has 2 heterocycles. The molecule has 0 radical (unpaired) electrons. The molecule has 0 atom stereocenters. The van der Waals surface area contributed by atoms with Crippen molar-refractivity contribution in [3.05, 3.63) is 52.7 Å². The maximum atomic E-state index is 12.0. The van der Waals surface area contributed by atoms with Crippen molar-refractivity contribution in [2.75, 3.05) is 11.9 Å². The molecule has 1 amide bonds. The second-order valence-electron chi connectivity index (χ2n) is 5.15. The first-order valence-electron chi connectivity index (χ1n) is 7.71. The topological polar surface area (TPSA) is 68.3 Å². The van der Waals surface area contributed by atoms with Gasteiger partial charge in [-0.05, 0) is 35.7 Å². The predicted octanol–water partition coefficient (Wildman–Crippen LogP) is 4.48. The quantitative estimate of drug-likeness (QED) is 0.621. The van der Waals surface area contributed by atoms with Gasteiger partial charge in [-0.1, -0.05) is 13.0 Å². The van der Waals surface area contributed by atoms with Crippen LogP contribution in [0.2, 0.25) is 0 Å². The van der Waals surface area contributed by atoms with Crippen LogP contribution in [0, 0.1) is 0 Å². The van der Waals surface area contributed by atoms with E-state index in [9.17, 15) is 9.59 Å². The highest BCUT2D eigenvalue weighted by atomic mass is 32.1. The molecule has 0 fully saturated rings. The summed E-state index contributed by atoms with van der Waals surface area (Å²) in [5.74, 6) is 0.344. The first-order chi connectivity index (χ1) is 12.2. The van der Waals surface area contributed by atoms with E-state index in [2.05, 4.69) is 10.3 Å². The lowest BCUT2D eigenvalue weighted by Gasteiger charge is -2.06. The van der Waals surface area contributed by atoms with Crippen LogP contribution in [-0.2, 0) is 4.79 Å². The molecule has 128 valence electrons. The van der Waals surface area contributed by atoms with Crippen LogP contribution >= 0.6 is 22.7 Å². The molecule has 7 heteroatoms. The van der Waals surface area contributed by atoms with Crippen molar-refractivity contribution in [1.29, 1.82) is 0 Å². The van der Waals surface area contributed by atoms with Gasteiger partial charge in [-0.2, -0.15) is 0 Å². The summed E-state index contributed by atoms with van der Waals surface area (Å²) in [5, 5.41) is 7.16. The van der Waals surface area contributed by atoms with Gasteiger partial charge in [0.05, 0.1) is 10.6 Å². The van der Waals surface area contributed by atoms with Crippen LogP contribution in [0.4, 0.5) is 5.13 Å². The number of ketones is 1. The number of Topliss-reactive ketones (excluding diaryl/α,β-unsaturated/α-hetero) is 1. The zero-order valence-electron chi connectivity index (χ0n) is 13.5. The molecule has 0 unspecified atom stereocenters. The average Bonchev–Trinajstić information content (AvgIpc) is 3.31. The number of ether oxygens (including phenoxy) is 1. The number of nitrogens with one attached hydrogen (secondary N) is 1. The molecule has 2 aromatic heterocycles. The lowest BCUT2D eigenvalue weighted by molar-refractivity contribution is -0.118. The van der Waals surface area contributed by atoms with Crippen molar-refractivity contribution >= 4 is 39.5 Å². The standard InChI is InChI=1S/C18H16N2O3S2/c1-2-15(21)12-5-7-13(8-6-12)23-10-17(22)20-18-19-14(11-25-18)16-4-3-9-24-16/h3-9,11H,2,10H2,1H3,(H,19,20,22). The van der Waals surface area contributed by atoms with Crippen LogP contribution in [-0.4, -0.2) is 23.3 Å². The van der Waals surface area contributed by atoms with Crippen LogP contribution in [0.5, 0.6) is 5.75 Å². The number of aromatic nitrogens is 1. The van der Waals surface area contributed by atoms with Gasteiger partial charge in [-0.3, -0.25) is 14.9 Å². The Morgan fingerprint density at radius 1 is 1.16 bits per heavy atom. The first kappa shape index (κ1) is 17.3. The van der Waals surface area contributed by atoms with E-state index in [-0.39, 0.29) is 18.3 Å². The molecule has 0 saturated heterocycles. The summed E-state index contributed by atoms with van der Waals surface area (Å²) in [5.41, 5.74) is 1.50. The van der Waals surface area contributed by atoms with Gasteiger partial charge >= 0.3 is 0 Å². The second kappa shape index (κ2) is 8.04. The van der Waals surface area contributed by atoms with Crippen LogP contribution < -0.4 is 10.1 Å². The van der Waals surface area contributed by atoms with E-state index in [0.29, 0.717) is 22.9 Å². The summed E-state index contributed by atoms with van der Waals surface area (Å²) in [7, 11) is 0. The molecule has 3 rings (SSSR count). The molecule has 1 aromatic carbocycles. The molecular formula is C18H16N2O3S2. The fraction of sp³-hybridized carbons (Fsp3) is 0.167. The van der Waals surface area contributed by atoms with Crippen molar-refractivity contribution in [3.63, 3.8) is 0 Å². The minimum Gasteiger partial charge on any atom is -0.484 e. The maximum absolute atomic E-state index is 12.0. The fourth-order valence-electron chi connectivity index (χ4n) is 2.11. The van der Waals surface area contributed by atoms with Gasteiger partial charge in [0.2, 0.25) is 0 Å². The van der Waals surface area contributed by atoms with E-state index in [0.717, 1.165) is 10.6 Å². The minimum absolute atomic E-state index is 0.0783. The maximum Gasteiger partial charge on any atom is 0.264 e. The average molecular weight is 372 g/mol. The van der Waals surface area contributed by atoms with Gasteiger partial charge in [0.15, 0.2) is 17.5 Å². The largest absolute Gasteiger partial charge is 0.484 e. The van der Waals surface area contributed by atoms with E-state index in [1.54, 1.807) is 35.6 Å². The van der Waals surface area contributed by atoms with Crippen LogP contribution in [0.15, 0.2) is 47.2 Å². The summed E-state index contributed by atoms with van der Waals surface area (Å²) in [6.07, 6.45) is 0.462. The Hall–Kier alpha value is -2.51. The zero-order valence-corrected chi connectivity index (χ0v) is 15.2. The van der Waals surface area contributed by atoms with Crippen molar-refractivity contribution in [2.24, 2.45) is 0 Å². The summed E-state index contributed by atoms with van der Waals surface area (Å²) < 4.78 is 5.44. The van der Waals surface area contributed by atoms with Crippen molar-refractivity contribution in [2.45, 2.75) is 13.3 Å². The van der Waals surface area contributed by atoms with E-state index in [4.69, 9.17) is 4.74 Å². The summed E-state index contributed by atoms with van der Waals surface area (Å²) in [6, 6.07) is 10.7. The number of carbonyl (C=O) groups excluding carboxylic acids is 2. The third-order valence-electron chi connectivity index (χ3n) is 3.39. The number of benzene rings is 1. The monoisotopic (exact) mass is 372 g/mol. The van der Waals surface area contributed by atoms with Gasteiger partial charge < -0.3 is 4.74 Å². The number of hydrogen-bond donors (Lipinski definition) is 1. The number of nitrogens with zero attached hydrogens (tertiary/aromatic N) is 1. The Bertz CT molecular complexity index is 855. The molecule has 0 spiro atoms. The number of amides is 1. The van der Waals surface area contributed by atoms with Gasteiger partial charge in [0.1, 0.15) is 5.75 Å². The number of rotatable bonds is 7. The van der Waals surface area contributed by atoms with Crippen molar-refractivity contribution in [1.82, 2.24) is 4.98 Å². The third kappa shape index (κ3) is 4.52. The number of hydrogen-bond acceptors (Lipinski definition) is 6. The minimum atomic E-state index is -0.277. The fourth-order valence-corrected chi connectivity index (χ4v) is 3.60. The van der Waals surface area contributed by atoms with Gasteiger partial charge in [-0.15, -0.1) is 22.7 Å². The summed E-state index contributed by atoms with van der Waals surface area (Å²) >= 11 is 2.98. The molecule has 1 N–H and O–H groups in total. The highest BCUT2D eigenvalue weighted by molar-refractivity contribution is 7.16. The molecule has 0 aliphatic heterocycles. The molecular weight excluding hydrogens is 356 g/mol. The van der Waals surface area contributed by atoms with Crippen LogP contribution in [0.1, 0.15) is 23.7 Å². The summed E-state index contributed by atoms with van der Waals surface area (Å²) in [6.45, 7) is 1.70. The molecule has 0 bridgehead atoms. The highest BCUT2D eigenvalue weighted by Gasteiger charge is 2.10. The third-order valence-corrected chi connectivity index (χ3v) is 5.04. The van der Waals surface area contributed by atoms with Gasteiger partial charge in [0, 0.05) is 17.4 Å². The van der Waals surface area contributed by atoms with E-state index in [1.807, 2.05) is 29.8 Å². The van der Waals surface area contributed by atoms with Crippen LogP contribution in [0.3, 0.4) is 0 Å². The molecule has 0 saturated carbocycles. The molecule has 25 heavy (non-hydrogen) atoms. The second-order valence-corrected chi connectivity index (χ2v) is 6.96. The van der Waals surface area contributed by atoms with Crippen molar-refractivity contribution < 1.29 is 14.3 Å². The van der Waals surface area contributed by atoms with Gasteiger partial charge in [-0.25, -0.2) is 4.98 Å². The molecule has 0 aliphatic rings. The van der Waals surface area contributed by atoms with E-state index < -0.39 is 0 Å². The molecule has 5 nitrogen and oxygen atoms in total. The van der Waals surface area contributed by atoms with E-state index in [1.165, 1.54) is 11.3 Å². The number of carbonyl (C=O) groups is 2. The number of thiazole rings is 1. The Morgan fingerprint density at radius 2 is 1.96 bits per heavy atom.